The van der Waals surface area contributed by atoms with Gasteiger partial charge in [-0.15, -0.1) is 0 Å². The number of nitrogens with zero attached hydrogens (tertiary/aromatic N) is 3. The van der Waals surface area contributed by atoms with Gasteiger partial charge < -0.3 is 15.7 Å². The summed E-state index contributed by atoms with van der Waals surface area (Å²) in [5.41, 5.74) is 6.86. The molecule has 0 amide bonds. The maximum absolute atomic E-state index is 12.8. The van der Waals surface area contributed by atoms with Gasteiger partial charge in [-0.2, -0.15) is 0 Å². The van der Waals surface area contributed by atoms with E-state index in [0.29, 0.717) is 0 Å². The Hall–Kier alpha value is -1.08. The van der Waals surface area contributed by atoms with Gasteiger partial charge in [0.25, 0.3) is 0 Å². The largest absolute Gasteiger partial charge is 0.395 e. The molecule has 5 nitrogen and oxygen atoms in total. The summed E-state index contributed by atoms with van der Waals surface area (Å²) >= 11 is 0. The van der Waals surface area contributed by atoms with Crippen LogP contribution in [0.2, 0.25) is 0 Å². The number of halogens is 1. The quantitative estimate of drug-likeness (QED) is 0.805. The molecule has 1 aromatic rings. The minimum absolute atomic E-state index is 0.151. The molecule has 2 rings (SSSR count). The van der Waals surface area contributed by atoms with Gasteiger partial charge in [-0.05, 0) is 38.1 Å². The summed E-state index contributed by atoms with van der Waals surface area (Å²) in [6.45, 7) is 6.00. The molecule has 0 saturated carbocycles. The molecule has 1 atom stereocenters. The summed E-state index contributed by atoms with van der Waals surface area (Å²) in [5, 5.41) is 8.99. The van der Waals surface area contributed by atoms with E-state index in [1.165, 1.54) is 12.3 Å². The molecule has 0 aliphatic carbocycles. The Bertz CT molecular complexity index is 415. The SMILES string of the molecule is NC(CCN1CCCN(CCO)CC1)c1ccc(F)cn1. The van der Waals surface area contributed by atoms with Gasteiger partial charge in [0.05, 0.1) is 18.5 Å². The van der Waals surface area contributed by atoms with Crippen LogP contribution in [0.15, 0.2) is 18.3 Å². The Morgan fingerprint density at radius 3 is 2.52 bits per heavy atom. The first-order chi connectivity index (χ1) is 10.2. The fourth-order valence-electron chi connectivity index (χ4n) is 2.69. The van der Waals surface area contributed by atoms with Crippen LogP contribution in [0.25, 0.3) is 0 Å². The van der Waals surface area contributed by atoms with Crippen LogP contribution < -0.4 is 5.73 Å². The van der Waals surface area contributed by atoms with Crippen molar-refractivity contribution in [3.05, 3.63) is 29.8 Å². The van der Waals surface area contributed by atoms with Crippen LogP contribution in [-0.4, -0.2) is 65.8 Å². The molecule has 1 aromatic heterocycles. The van der Waals surface area contributed by atoms with Crippen molar-refractivity contribution in [2.75, 3.05) is 45.9 Å². The van der Waals surface area contributed by atoms with Crippen molar-refractivity contribution in [1.82, 2.24) is 14.8 Å². The average molecular weight is 296 g/mol. The molecule has 1 aliphatic heterocycles. The van der Waals surface area contributed by atoms with Crippen molar-refractivity contribution in [2.24, 2.45) is 5.73 Å². The molecule has 0 bridgehead atoms. The number of hydrogen-bond donors (Lipinski definition) is 2. The average Bonchev–Trinajstić information content (AvgIpc) is 2.71. The number of aliphatic hydroxyl groups is 1. The Morgan fingerprint density at radius 1 is 1.19 bits per heavy atom. The van der Waals surface area contributed by atoms with Crippen LogP contribution in [0, 0.1) is 5.82 Å². The van der Waals surface area contributed by atoms with E-state index in [1.807, 2.05) is 0 Å². The second-order valence-corrected chi connectivity index (χ2v) is 5.56. The van der Waals surface area contributed by atoms with E-state index in [-0.39, 0.29) is 18.5 Å². The van der Waals surface area contributed by atoms with Crippen LogP contribution in [0.3, 0.4) is 0 Å². The van der Waals surface area contributed by atoms with Gasteiger partial charge in [0.15, 0.2) is 0 Å². The van der Waals surface area contributed by atoms with Crippen LogP contribution in [0.1, 0.15) is 24.6 Å². The third kappa shape index (κ3) is 5.32. The third-order valence-corrected chi connectivity index (χ3v) is 3.98. The Balaban J connectivity index is 1.76. The van der Waals surface area contributed by atoms with E-state index in [9.17, 15) is 4.39 Å². The van der Waals surface area contributed by atoms with E-state index in [0.717, 1.165) is 57.8 Å². The number of nitrogens with two attached hydrogens (primary N) is 1. The first-order valence-corrected chi connectivity index (χ1v) is 7.61. The number of β-amino-alcohol motifs (C(OH)–C–C–N with tert-alkyl or cyclic N) is 1. The molecule has 3 N–H and O–H groups in total. The number of aromatic nitrogens is 1. The second kappa shape index (κ2) is 8.38. The van der Waals surface area contributed by atoms with Gasteiger partial charge in [0, 0.05) is 32.2 Å². The van der Waals surface area contributed by atoms with Crippen molar-refractivity contribution in [3.63, 3.8) is 0 Å². The normalized spacial score (nSPS) is 19.4. The first kappa shape index (κ1) is 16.3. The first-order valence-electron chi connectivity index (χ1n) is 7.61. The smallest absolute Gasteiger partial charge is 0.141 e. The number of aliphatic hydroxyl groups excluding tert-OH is 1. The van der Waals surface area contributed by atoms with Gasteiger partial charge in [0.1, 0.15) is 5.82 Å². The number of pyridine rings is 1. The predicted molar refractivity (Wildman–Crippen MR) is 80.3 cm³/mol. The molecular formula is C15H25FN4O. The van der Waals surface area contributed by atoms with Crippen molar-refractivity contribution in [2.45, 2.75) is 18.9 Å². The van der Waals surface area contributed by atoms with Gasteiger partial charge in [-0.3, -0.25) is 9.88 Å². The minimum atomic E-state index is -0.331. The minimum Gasteiger partial charge on any atom is -0.395 e. The summed E-state index contributed by atoms with van der Waals surface area (Å²) in [6.07, 6.45) is 3.15. The maximum atomic E-state index is 12.8. The van der Waals surface area contributed by atoms with Gasteiger partial charge in [0.2, 0.25) is 0 Å². The highest BCUT2D eigenvalue weighted by molar-refractivity contribution is 5.09. The molecule has 6 heteroatoms. The summed E-state index contributed by atoms with van der Waals surface area (Å²) in [6, 6.07) is 2.91. The lowest BCUT2D eigenvalue weighted by atomic mass is 10.1. The van der Waals surface area contributed by atoms with E-state index in [2.05, 4.69) is 14.8 Å². The van der Waals surface area contributed by atoms with Crippen LogP contribution >= 0.6 is 0 Å². The van der Waals surface area contributed by atoms with E-state index in [4.69, 9.17) is 10.8 Å². The predicted octanol–water partition coefficient (Wildman–Crippen LogP) is 0.611. The highest BCUT2D eigenvalue weighted by Crippen LogP contribution is 2.13. The Morgan fingerprint density at radius 2 is 1.90 bits per heavy atom. The van der Waals surface area contributed by atoms with Gasteiger partial charge in [-0.25, -0.2) is 4.39 Å². The summed E-state index contributed by atoms with van der Waals surface area (Å²) in [7, 11) is 0. The van der Waals surface area contributed by atoms with Crippen molar-refractivity contribution in [3.8, 4) is 0 Å². The molecule has 1 aliphatic rings. The number of hydrogen-bond acceptors (Lipinski definition) is 5. The molecule has 21 heavy (non-hydrogen) atoms. The highest BCUT2D eigenvalue weighted by atomic mass is 19.1. The summed E-state index contributed by atoms with van der Waals surface area (Å²) in [5.74, 6) is -0.331. The van der Waals surface area contributed by atoms with Crippen LogP contribution in [0.5, 0.6) is 0 Å². The summed E-state index contributed by atoms with van der Waals surface area (Å²) < 4.78 is 12.8. The molecule has 118 valence electrons. The van der Waals surface area contributed by atoms with Crippen molar-refractivity contribution < 1.29 is 9.50 Å². The van der Waals surface area contributed by atoms with E-state index in [1.54, 1.807) is 6.07 Å². The molecule has 0 radical (unpaired) electrons. The molecule has 1 saturated heterocycles. The molecule has 1 unspecified atom stereocenters. The van der Waals surface area contributed by atoms with Crippen molar-refractivity contribution >= 4 is 0 Å². The fraction of sp³-hybridized carbons (Fsp3) is 0.667. The molecular weight excluding hydrogens is 271 g/mol. The lowest BCUT2D eigenvalue weighted by Gasteiger charge is -2.22. The number of rotatable bonds is 6. The molecule has 1 fully saturated rings. The Labute approximate surface area is 125 Å². The lowest BCUT2D eigenvalue weighted by molar-refractivity contribution is 0.196. The molecule has 0 aromatic carbocycles. The third-order valence-electron chi connectivity index (χ3n) is 3.98. The van der Waals surface area contributed by atoms with Gasteiger partial charge >= 0.3 is 0 Å². The van der Waals surface area contributed by atoms with Crippen molar-refractivity contribution in [1.29, 1.82) is 0 Å². The zero-order valence-corrected chi connectivity index (χ0v) is 12.4. The fourth-order valence-corrected chi connectivity index (χ4v) is 2.69. The zero-order valence-electron chi connectivity index (χ0n) is 12.4. The standard InChI is InChI=1S/C15H25FN4O/c16-13-2-3-15(18-12-13)14(17)4-7-19-5-1-6-20(9-8-19)10-11-21/h2-3,12,14,21H,1,4-11,17H2. The van der Waals surface area contributed by atoms with Gasteiger partial charge in [-0.1, -0.05) is 0 Å². The molecule has 0 spiro atoms. The van der Waals surface area contributed by atoms with Crippen LogP contribution in [0.4, 0.5) is 4.39 Å². The highest BCUT2D eigenvalue weighted by Gasteiger charge is 2.16. The van der Waals surface area contributed by atoms with E-state index < -0.39 is 0 Å². The topological polar surface area (TPSA) is 65.6 Å². The van der Waals surface area contributed by atoms with E-state index >= 15 is 0 Å². The maximum Gasteiger partial charge on any atom is 0.141 e. The summed E-state index contributed by atoms with van der Waals surface area (Å²) in [4.78, 5) is 8.74. The molecule has 2 heterocycles. The lowest BCUT2D eigenvalue weighted by Crippen LogP contribution is -2.33. The van der Waals surface area contributed by atoms with Crippen LogP contribution in [-0.2, 0) is 0 Å². The zero-order chi connectivity index (χ0) is 15.1. The monoisotopic (exact) mass is 296 g/mol. The Kier molecular flexibility index (Phi) is 6.50. The second-order valence-electron chi connectivity index (χ2n) is 5.56.